The summed E-state index contributed by atoms with van der Waals surface area (Å²) in [6.07, 6.45) is 3.57. The molecule has 0 bridgehead atoms. The van der Waals surface area contributed by atoms with E-state index in [9.17, 15) is 0 Å². The van der Waals surface area contributed by atoms with Gasteiger partial charge in [-0.1, -0.05) is 0 Å². The number of pyridine rings is 1. The second-order valence-electron chi connectivity index (χ2n) is 3.98. The van der Waals surface area contributed by atoms with Gasteiger partial charge in [-0.25, -0.2) is 0 Å². The fraction of sp³-hybridized carbons (Fsp3) is 0.417. The summed E-state index contributed by atoms with van der Waals surface area (Å²) in [5.41, 5.74) is 10.3. The Hall–Kier alpha value is -1.26. The summed E-state index contributed by atoms with van der Waals surface area (Å²) < 4.78 is 7.32. The highest BCUT2D eigenvalue weighted by Crippen LogP contribution is 2.28. The molecular formula is C12H18ClN3O. The number of anilines is 1. The molecule has 0 spiro atoms. The van der Waals surface area contributed by atoms with Gasteiger partial charge in [0.15, 0.2) is 0 Å². The second-order valence-corrected chi connectivity index (χ2v) is 3.98. The van der Waals surface area contributed by atoms with Crippen molar-refractivity contribution >= 4 is 29.0 Å². The monoisotopic (exact) mass is 255 g/mol. The Balaban J connectivity index is 0.00000144. The summed E-state index contributed by atoms with van der Waals surface area (Å²) in [5.74, 6) is 0. The molecule has 0 aliphatic rings. The van der Waals surface area contributed by atoms with Gasteiger partial charge < -0.3 is 15.0 Å². The number of hydrogen-bond acceptors (Lipinski definition) is 3. The average molecular weight is 256 g/mol. The Morgan fingerprint density at radius 3 is 2.71 bits per heavy atom. The Bertz CT molecular complexity index is 522. The molecule has 0 fully saturated rings. The molecule has 4 nitrogen and oxygen atoms in total. The van der Waals surface area contributed by atoms with Crippen LogP contribution in [-0.4, -0.2) is 23.3 Å². The highest BCUT2D eigenvalue weighted by molar-refractivity contribution is 5.94. The van der Waals surface area contributed by atoms with Gasteiger partial charge in [-0.3, -0.25) is 4.98 Å². The number of hydrogen-bond donors (Lipinski definition) is 1. The maximum atomic E-state index is 5.96. The van der Waals surface area contributed by atoms with E-state index in [-0.39, 0.29) is 12.4 Å². The van der Waals surface area contributed by atoms with E-state index in [2.05, 4.69) is 23.4 Å². The van der Waals surface area contributed by atoms with Crippen molar-refractivity contribution in [3.05, 3.63) is 23.7 Å². The minimum absolute atomic E-state index is 0. The Morgan fingerprint density at radius 2 is 2.06 bits per heavy atom. The van der Waals surface area contributed by atoms with Crippen LogP contribution in [0.3, 0.4) is 0 Å². The molecule has 94 valence electrons. The van der Waals surface area contributed by atoms with Gasteiger partial charge in [0, 0.05) is 24.7 Å². The van der Waals surface area contributed by atoms with Crippen molar-refractivity contribution in [3.8, 4) is 0 Å². The second kappa shape index (κ2) is 5.38. The van der Waals surface area contributed by atoms with E-state index in [1.54, 1.807) is 13.3 Å². The van der Waals surface area contributed by atoms with E-state index in [0.29, 0.717) is 6.61 Å². The van der Waals surface area contributed by atoms with Crippen LogP contribution in [-0.2, 0) is 11.3 Å². The molecule has 0 saturated carbocycles. The van der Waals surface area contributed by atoms with Crippen molar-refractivity contribution in [2.75, 3.05) is 19.5 Å². The molecule has 0 radical (unpaired) electrons. The summed E-state index contributed by atoms with van der Waals surface area (Å²) in [4.78, 5) is 4.15. The van der Waals surface area contributed by atoms with Crippen LogP contribution in [0.25, 0.3) is 10.9 Å². The van der Waals surface area contributed by atoms with E-state index >= 15 is 0 Å². The van der Waals surface area contributed by atoms with Crippen molar-refractivity contribution < 1.29 is 4.74 Å². The number of halogens is 1. The molecule has 2 N–H and O–H groups in total. The van der Waals surface area contributed by atoms with Gasteiger partial charge >= 0.3 is 0 Å². The van der Waals surface area contributed by atoms with E-state index in [4.69, 9.17) is 10.5 Å². The quantitative estimate of drug-likeness (QED) is 0.916. The zero-order valence-electron chi connectivity index (χ0n) is 10.4. The highest BCUT2D eigenvalue weighted by atomic mass is 35.5. The van der Waals surface area contributed by atoms with Crippen LogP contribution in [0, 0.1) is 13.8 Å². The lowest BCUT2D eigenvalue weighted by atomic mass is 10.2. The lowest BCUT2D eigenvalue weighted by Crippen LogP contribution is -2.05. The lowest BCUT2D eigenvalue weighted by molar-refractivity contribution is 0.188. The smallest absolute Gasteiger partial charge is 0.0693 e. The van der Waals surface area contributed by atoms with E-state index in [1.807, 2.05) is 6.20 Å². The van der Waals surface area contributed by atoms with E-state index in [1.165, 1.54) is 11.3 Å². The Labute approximate surface area is 107 Å². The summed E-state index contributed by atoms with van der Waals surface area (Å²) in [6.45, 7) is 5.72. The zero-order valence-corrected chi connectivity index (χ0v) is 11.2. The van der Waals surface area contributed by atoms with Crippen LogP contribution in [0.1, 0.15) is 11.3 Å². The molecule has 5 heteroatoms. The number of methoxy groups -OCH3 is 1. The van der Waals surface area contributed by atoms with E-state index in [0.717, 1.165) is 23.1 Å². The molecule has 0 aliphatic heterocycles. The molecule has 0 aliphatic carbocycles. The first kappa shape index (κ1) is 13.8. The molecule has 0 unspecified atom stereocenters. The maximum absolute atomic E-state index is 5.96. The maximum Gasteiger partial charge on any atom is 0.0693 e. The third kappa shape index (κ3) is 2.23. The molecular weight excluding hydrogens is 238 g/mol. The third-order valence-corrected chi connectivity index (χ3v) is 3.09. The molecule has 17 heavy (non-hydrogen) atoms. The molecule has 2 heterocycles. The predicted octanol–water partition coefficient (Wildman–Crippen LogP) is 2.30. The largest absolute Gasteiger partial charge is 0.397 e. The van der Waals surface area contributed by atoms with Gasteiger partial charge in [-0.2, -0.15) is 0 Å². The van der Waals surface area contributed by atoms with Crippen LogP contribution in [0.2, 0.25) is 0 Å². The fourth-order valence-electron chi connectivity index (χ4n) is 2.11. The number of nitrogens with two attached hydrogens (primary N) is 1. The first-order valence-electron chi connectivity index (χ1n) is 5.34. The zero-order chi connectivity index (χ0) is 11.7. The van der Waals surface area contributed by atoms with Crippen molar-refractivity contribution in [3.63, 3.8) is 0 Å². The summed E-state index contributed by atoms with van der Waals surface area (Å²) in [7, 11) is 1.71. The van der Waals surface area contributed by atoms with Gasteiger partial charge in [-0.15, -0.1) is 12.4 Å². The van der Waals surface area contributed by atoms with Crippen LogP contribution >= 0.6 is 12.4 Å². The summed E-state index contributed by atoms with van der Waals surface area (Å²) >= 11 is 0. The van der Waals surface area contributed by atoms with Gasteiger partial charge in [-0.05, 0) is 19.4 Å². The molecule has 2 aromatic rings. The van der Waals surface area contributed by atoms with Gasteiger partial charge in [0.2, 0.25) is 0 Å². The van der Waals surface area contributed by atoms with Crippen molar-refractivity contribution in [2.45, 2.75) is 20.4 Å². The number of nitrogen functional groups attached to an aromatic ring is 1. The average Bonchev–Trinajstić information content (AvgIpc) is 2.51. The first-order valence-corrected chi connectivity index (χ1v) is 5.34. The number of aryl methyl sites for hydroxylation is 1. The van der Waals surface area contributed by atoms with Crippen LogP contribution in [0.5, 0.6) is 0 Å². The topological polar surface area (TPSA) is 53.1 Å². The van der Waals surface area contributed by atoms with Crippen LogP contribution in [0.4, 0.5) is 5.69 Å². The summed E-state index contributed by atoms with van der Waals surface area (Å²) in [6, 6.07) is 0. The molecule has 0 saturated heterocycles. The molecule has 0 amide bonds. The van der Waals surface area contributed by atoms with Crippen LogP contribution < -0.4 is 5.73 Å². The minimum Gasteiger partial charge on any atom is -0.397 e. The standard InChI is InChI=1S/C12H17N3O.ClH/c1-8-9(2)15(4-5-16-3)11-7-14-6-10(13)12(8)11;/h6-7H,4-5,13H2,1-3H3;1H. The Kier molecular flexibility index (Phi) is 4.37. The summed E-state index contributed by atoms with van der Waals surface area (Å²) in [5, 5.41) is 1.11. The molecule has 2 aromatic heterocycles. The van der Waals surface area contributed by atoms with Crippen molar-refractivity contribution in [1.82, 2.24) is 9.55 Å². The molecule has 2 rings (SSSR count). The minimum atomic E-state index is 0. The number of fused-ring (bicyclic) bond motifs is 1. The molecule has 0 aromatic carbocycles. The SMILES string of the molecule is COCCn1c(C)c(C)c2c(N)cncc21.Cl. The number of nitrogens with zero attached hydrogens (tertiary/aromatic N) is 2. The van der Waals surface area contributed by atoms with Gasteiger partial charge in [0.25, 0.3) is 0 Å². The van der Waals surface area contributed by atoms with Crippen molar-refractivity contribution in [2.24, 2.45) is 0 Å². The number of aromatic nitrogens is 2. The first-order chi connectivity index (χ1) is 7.66. The van der Waals surface area contributed by atoms with Crippen molar-refractivity contribution in [1.29, 1.82) is 0 Å². The highest BCUT2D eigenvalue weighted by Gasteiger charge is 2.12. The predicted molar refractivity (Wildman–Crippen MR) is 72.7 cm³/mol. The third-order valence-electron chi connectivity index (χ3n) is 3.09. The lowest BCUT2D eigenvalue weighted by Gasteiger charge is -2.07. The van der Waals surface area contributed by atoms with Crippen LogP contribution in [0.15, 0.2) is 12.4 Å². The fourth-order valence-corrected chi connectivity index (χ4v) is 2.11. The Morgan fingerprint density at radius 1 is 1.35 bits per heavy atom. The normalized spacial score (nSPS) is 10.5. The molecule has 0 atom stereocenters. The number of ether oxygens (including phenoxy) is 1. The van der Waals surface area contributed by atoms with Gasteiger partial charge in [0.05, 0.1) is 30.2 Å². The van der Waals surface area contributed by atoms with E-state index < -0.39 is 0 Å². The number of rotatable bonds is 3. The van der Waals surface area contributed by atoms with Gasteiger partial charge in [0.1, 0.15) is 0 Å².